The number of nitrogens with one attached hydrogen (secondary N) is 1. The van der Waals surface area contributed by atoms with E-state index in [1.807, 2.05) is 6.07 Å². The van der Waals surface area contributed by atoms with Gasteiger partial charge in [-0.15, -0.1) is 0 Å². The van der Waals surface area contributed by atoms with Crippen molar-refractivity contribution in [1.29, 1.82) is 0 Å². The molecule has 2 aliphatic rings. The number of ether oxygens (including phenoxy) is 2. The lowest BCUT2D eigenvalue weighted by molar-refractivity contribution is -0.118. The summed E-state index contributed by atoms with van der Waals surface area (Å²) in [7, 11) is 0. The van der Waals surface area contributed by atoms with Gasteiger partial charge in [-0.25, -0.2) is 4.79 Å². The van der Waals surface area contributed by atoms with E-state index in [-0.39, 0.29) is 12.5 Å². The number of anilines is 1. The van der Waals surface area contributed by atoms with Crippen LogP contribution < -0.4 is 19.7 Å². The lowest BCUT2D eigenvalue weighted by Gasteiger charge is -2.35. The summed E-state index contributed by atoms with van der Waals surface area (Å²) in [5.74, 6) is 0.773. The summed E-state index contributed by atoms with van der Waals surface area (Å²) < 4.78 is 49.4. The zero-order valence-electron chi connectivity index (χ0n) is 12.8. The number of alkyl halides is 3. The average molecular weight is 350 g/mol. The summed E-state index contributed by atoms with van der Waals surface area (Å²) in [5.41, 5.74) is 1.46. The second kappa shape index (κ2) is 5.58. The Hall–Kier alpha value is -2.90. The van der Waals surface area contributed by atoms with Crippen molar-refractivity contribution in [1.82, 2.24) is 5.32 Å². The molecule has 1 unspecified atom stereocenters. The Balaban J connectivity index is 1.85. The Bertz CT molecular complexity index is 824. The molecule has 0 spiro atoms. The molecular weight excluding hydrogens is 337 g/mol. The van der Waals surface area contributed by atoms with Crippen molar-refractivity contribution in [2.24, 2.45) is 0 Å². The molecular formula is C17H13F3N2O3. The minimum atomic E-state index is -4.52. The zero-order valence-corrected chi connectivity index (χ0v) is 12.8. The summed E-state index contributed by atoms with van der Waals surface area (Å²) in [5, 5.41) is 2.64. The largest absolute Gasteiger partial charge is 0.454 e. The van der Waals surface area contributed by atoms with Crippen molar-refractivity contribution < 1.29 is 27.4 Å². The van der Waals surface area contributed by atoms with Gasteiger partial charge in [0.1, 0.15) is 6.54 Å². The van der Waals surface area contributed by atoms with E-state index >= 15 is 0 Å². The number of carbonyl (C=O) groups excluding carboxylic acids is 1. The van der Waals surface area contributed by atoms with Crippen molar-refractivity contribution >= 4 is 11.7 Å². The van der Waals surface area contributed by atoms with E-state index in [9.17, 15) is 18.0 Å². The lowest BCUT2D eigenvalue weighted by Crippen LogP contribution is -2.50. The van der Waals surface area contributed by atoms with Crippen molar-refractivity contribution in [3.8, 4) is 11.5 Å². The highest BCUT2D eigenvalue weighted by atomic mass is 19.4. The number of carbonyl (C=O) groups is 1. The van der Waals surface area contributed by atoms with Crippen LogP contribution in [-0.2, 0) is 0 Å². The number of rotatable bonds is 2. The Labute approximate surface area is 140 Å². The van der Waals surface area contributed by atoms with Crippen molar-refractivity contribution in [3.63, 3.8) is 0 Å². The third-order valence-corrected chi connectivity index (χ3v) is 4.11. The van der Waals surface area contributed by atoms with Gasteiger partial charge in [0.2, 0.25) is 6.79 Å². The SMILES string of the molecule is O=C1NC(c2ccccc2)c2cc3c(cc2N1CC(F)(F)F)OCO3. The average Bonchev–Trinajstić information content (AvgIpc) is 3.03. The molecule has 0 fully saturated rings. The van der Waals surface area contributed by atoms with Crippen molar-refractivity contribution in [2.75, 3.05) is 18.2 Å². The van der Waals surface area contributed by atoms with Gasteiger partial charge in [0.15, 0.2) is 11.5 Å². The first-order chi connectivity index (χ1) is 11.9. The van der Waals surface area contributed by atoms with Gasteiger partial charge in [-0.05, 0) is 11.6 Å². The Morgan fingerprint density at radius 2 is 1.80 bits per heavy atom. The summed E-state index contributed by atoms with van der Waals surface area (Å²) >= 11 is 0. The van der Waals surface area contributed by atoms with Crippen LogP contribution in [0.5, 0.6) is 11.5 Å². The summed E-state index contributed by atoms with van der Waals surface area (Å²) in [6, 6.07) is 10.7. The van der Waals surface area contributed by atoms with Gasteiger partial charge in [0.25, 0.3) is 0 Å². The Morgan fingerprint density at radius 1 is 1.12 bits per heavy atom. The molecule has 1 N–H and O–H groups in total. The van der Waals surface area contributed by atoms with Gasteiger partial charge in [-0.2, -0.15) is 13.2 Å². The van der Waals surface area contributed by atoms with Crippen molar-refractivity contribution in [3.05, 3.63) is 53.6 Å². The summed E-state index contributed by atoms with van der Waals surface area (Å²) in [6.07, 6.45) is -4.52. The molecule has 2 aromatic rings. The van der Waals surface area contributed by atoms with E-state index in [1.165, 1.54) is 6.07 Å². The molecule has 0 aromatic heterocycles. The fourth-order valence-corrected chi connectivity index (χ4v) is 3.05. The molecule has 2 heterocycles. The van der Waals surface area contributed by atoms with Crippen LogP contribution in [0.25, 0.3) is 0 Å². The zero-order chi connectivity index (χ0) is 17.6. The van der Waals surface area contributed by atoms with Gasteiger partial charge < -0.3 is 14.8 Å². The minimum absolute atomic E-state index is 0.00508. The summed E-state index contributed by atoms with van der Waals surface area (Å²) in [4.78, 5) is 13.0. The molecule has 0 saturated carbocycles. The molecule has 2 aliphatic heterocycles. The van der Waals surface area contributed by atoms with E-state index in [2.05, 4.69) is 5.32 Å². The topological polar surface area (TPSA) is 50.8 Å². The minimum Gasteiger partial charge on any atom is -0.454 e. The molecule has 8 heteroatoms. The van der Waals surface area contributed by atoms with E-state index in [0.717, 1.165) is 5.56 Å². The molecule has 0 bridgehead atoms. The maximum absolute atomic E-state index is 12.9. The third kappa shape index (κ3) is 2.84. The number of hydrogen-bond donors (Lipinski definition) is 1. The van der Waals surface area contributed by atoms with Crippen LogP contribution in [-0.4, -0.2) is 25.5 Å². The molecule has 25 heavy (non-hydrogen) atoms. The maximum atomic E-state index is 12.9. The molecule has 1 atom stereocenters. The maximum Gasteiger partial charge on any atom is 0.406 e. The Kier molecular flexibility index (Phi) is 3.48. The number of hydrogen-bond acceptors (Lipinski definition) is 3. The Morgan fingerprint density at radius 3 is 2.48 bits per heavy atom. The molecule has 0 radical (unpaired) electrons. The molecule has 4 rings (SSSR count). The van der Waals surface area contributed by atoms with E-state index in [1.54, 1.807) is 30.3 Å². The van der Waals surface area contributed by atoms with Gasteiger partial charge in [0.05, 0.1) is 11.7 Å². The van der Waals surface area contributed by atoms with Crippen LogP contribution >= 0.6 is 0 Å². The number of urea groups is 1. The molecule has 2 amide bonds. The second-order valence-electron chi connectivity index (χ2n) is 5.76. The second-order valence-corrected chi connectivity index (χ2v) is 5.76. The van der Waals surface area contributed by atoms with Crippen LogP contribution in [0.1, 0.15) is 17.2 Å². The van der Waals surface area contributed by atoms with Crippen molar-refractivity contribution in [2.45, 2.75) is 12.2 Å². The normalized spacial score (nSPS) is 18.8. The van der Waals surface area contributed by atoms with Gasteiger partial charge in [-0.3, -0.25) is 4.90 Å². The third-order valence-electron chi connectivity index (χ3n) is 4.11. The highest BCUT2D eigenvalue weighted by Gasteiger charge is 2.40. The standard InChI is InChI=1S/C17H13F3N2O3/c18-17(19,20)8-22-12-7-14-13(24-9-25-14)6-11(12)15(21-16(22)23)10-4-2-1-3-5-10/h1-7,15H,8-9H2,(H,21,23). The molecule has 5 nitrogen and oxygen atoms in total. The number of nitrogens with zero attached hydrogens (tertiary/aromatic N) is 1. The number of fused-ring (bicyclic) bond motifs is 2. The quantitative estimate of drug-likeness (QED) is 0.900. The highest BCUT2D eigenvalue weighted by Crippen LogP contribution is 2.44. The van der Waals surface area contributed by atoms with Crippen LogP contribution in [0.15, 0.2) is 42.5 Å². The lowest BCUT2D eigenvalue weighted by atomic mass is 9.94. The fraction of sp³-hybridized carbons (Fsp3) is 0.235. The first-order valence-corrected chi connectivity index (χ1v) is 7.56. The van der Waals surface area contributed by atoms with Crippen LogP contribution in [0.4, 0.5) is 23.7 Å². The fourth-order valence-electron chi connectivity index (χ4n) is 3.05. The number of amides is 2. The number of benzene rings is 2. The first kappa shape index (κ1) is 15.6. The molecule has 2 aromatic carbocycles. The van der Waals surface area contributed by atoms with E-state index in [0.29, 0.717) is 22.0 Å². The molecule has 0 aliphatic carbocycles. The van der Waals surface area contributed by atoms with E-state index < -0.39 is 24.8 Å². The number of halogens is 3. The first-order valence-electron chi connectivity index (χ1n) is 7.56. The van der Waals surface area contributed by atoms with Crippen LogP contribution in [0, 0.1) is 0 Å². The summed E-state index contributed by atoms with van der Waals surface area (Å²) in [6.45, 7) is -1.39. The smallest absolute Gasteiger partial charge is 0.406 e. The molecule has 130 valence electrons. The van der Waals surface area contributed by atoms with Crippen LogP contribution in [0.2, 0.25) is 0 Å². The monoisotopic (exact) mass is 350 g/mol. The highest BCUT2D eigenvalue weighted by molar-refractivity contribution is 5.96. The van der Waals surface area contributed by atoms with Gasteiger partial charge in [-0.1, -0.05) is 30.3 Å². The van der Waals surface area contributed by atoms with Gasteiger partial charge >= 0.3 is 12.2 Å². The van der Waals surface area contributed by atoms with Gasteiger partial charge in [0, 0.05) is 11.6 Å². The van der Waals surface area contributed by atoms with E-state index in [4.69, 9.17) is 9.47 Å². The predicted octanol–water partition coefficient (Wildman–Crippen LogP) is 3.60. The van der Waals surface area contributed by atoms with Crippen LogP contribution in [0.3, 0.4) is 0 Å². The predicted molar refractivity (Wildman–Crippen MR) is 82.8 cm³/mol. The molecule has 0 saturated heterocycles.